The van der Waals surface area contributed by atoms with Gasteiger partial charge in [0.15, 0.2) is 0 Å². The highest BCUT2D eigenvalue weighted by Crippen LogP contribution is 2.24. The molecular weight excluding hydrogens is 240 g/mol. The summed E-state index contributed by atoms with van der Waals surface area (Å²) in [6.07, 6.45) is -0.388. The second-order valence-corrected chi connectivity index (χ2v) is 5.73. The van der Waals surface area contributed by atoms with Crippen molar-refractivity contribution in [2.24, 2.45) is 5.73 Å². The lowest BCUT2D eigenvalue weighted by Gasteiger charge is -2.21. The molecule has 1 unspecified atom stereocenters. The summed E-state index contributed by atoms with van der Waals surface area (Å²) >= 11 is 0. The minimum atomic E-state index is -0.530. The lowest BCUT2D eigenvalue weighted by molar-refractivity contribution is 0.0539. The van der Waals surface area contributed by atoms with E-state index in [9.17, 15) is 4.79 Å². The molecule has 0 aliphatic carbocycles. The summed E-state index contributed by atoms with van der Waals surface area (Å²) in [6, 6.07) is 9.39. The van der Waals surface area contributed by atoms with Gasteiger partial charge in [0.2, 0.25) is 0 Å². The van der Waals surface area contributed by atoms with Crippen LogP contribution in [-0.4, -0.2) is 16.3 Å². The maximum atomic E-state index is 12.3. The summed E-state index contributed by atoms with van der Waals surface area (Å²) in [6.45, 7) is 7.40. The molecule has 1 atom stereocenters. The van der Waals surface area contributed by atoms with Crippen molar-refractivity contribution >= 4 is 17.0 Å². The topological polar surface area (TPSA) is 57.2 Å². The van der Waals surface area contributed by atoms with Crippen LogP contribution >= 0.6 is 0 Å². The van der Waals surface area contributed by atoms with Crippen LogP contribution in [0.2, 0.25) is 0 Å². The van der Waals surface area contributed by atoms with Crippen LogP contribution in [0.5, 0.6) is 0 Å². The normalized spacial score (nSPS) is 13.5. The van der Waals surface area contributed by atoms with Gasteiger partial charge in [-0.05, 0) is 39.8 Å². The van der Waals surface area contributed by atoms with Crippen molar-refractivity contribution in [3.63, 3.8) is 0 Å². The van der Waals surface area contributed by atoms with Gasteiger partial charge < -0.3 is 10.5 Å². The Bertz CT molecular complexity index is 606. The predicted octanol–water partition coefficient (Wildman–Crippen LogP) is 3.44. The summed E-state index contributed by atoms with van der Waals surface area (Å²) in [5.41, 5.74) is 7.00. The van der Waals surface area contributed by atoms with E-state index in [4.69, 9.17) is 10.5 Å². The first-order chi connectivity index (χ1) is 8.79. The Kier molecular flexibility index (Phi) is 3.37. The van der Waals surface area contributed by atoms with Gasteiger partial charge in [-0.15, -0.1) is 0 Å². The number of nitrogens with two attached hydrogens (primary N) is 1. The van der Waals surface area contributed by atoms with Crippen molar-refractivity contribution in [3.8, 4) is 0 Å². The van der Waals surface area contributed by atoms with Crippen LogP contribution in [0.1, 0.15) is 39.4 Å². The lowest BCUT2D eigenvalue weighted by Crippen LogP contribution is -2.29. The van der Waals surface area contributed by atoms with E-state index in [-0.39, 0.29) is 12.1 Å². The van der Waals surface area contributed by atoms with Crippen LogP contribution in [0, 0.1) is 0 Å². The summed E-state index contributed by atoms with van der Waals surface area (Å²) in [5, 5.41) is 0.987. The van der Waals surface area contributed by atoms with Crippen molar-refractivity contribution in [1.29, 1.82) is 0 Å². The smallest absolute Gasteiger partial charge is 0.419 e. The van der Waals surface area contributed by atoms with Gasteiger partial charge >= 0.3 is 6.09 Å². The minimum absolute atomic E-state index is 0.236. The molecule has 0 saturated carbocycles. The number of carbonyl (C=O) groups is 1. The Balaban J connectivity index is 2.56. The van der Waals surface area contributed by atoms with Gasteiger partial charge in [0.1, 0.15) is 5.60 Å². The molecule has 1 aromatic carbocycles. The van der Waals surface area contributed by atoms with Gasteiger partial charge in [-0.3, -0.25) is 0 Å². The second kappa shape index (κ2) is 4.70. The molecule has 0 spiro atoms. The van der Waals surface area contributed by atoms with Gasteiger partial charge in [0.25, 0.3) is 0 Å². The summed E-state index contributed by atoms with van der Waals surface area (Å²) in [4.78, 5) is 12.3. The molecule has 0 fully saturated rings. The number of para-hydroxylation sites is 1. The van der Waals surface area contributed by atoms with E-state index >= 15 is 0 Å². The fourth-order valence-electron chi connectivity index (χ4n) is 2.02. The molecule has 2 aromatic rings. The number of hydrogen-bond acceptors (Lipinski definition) is 3. The van der Waals surface area contributed by atoms with Crippen molar-refractivity contribution in [2.75, 3.05) is 0 Å². The number of hydrogen-bond donors (Lipinski definition) is 1. The average molecular weight is 260 g/mol. The maximum absolute atomic E-state index is 12.3. The van der Waals surface area contributed by atoms with Crippen LogP contribution in [0.15, 0.2) is 30.3 Å². The van der Waals surface area contributed by atoms with Gasteiger partial charge in [0, 0.05) is 17.1 Å². The first-order valence-electron chi connectivity index (χ1n) is 6.39. The molecule has 4 heteroatoms. The SMILES string of the molecule is CC(N)c1cc2ccccc2n1C(=O)OC(C)(C)C. The molecule has 19 heavy (non-hydrogen) atoms. The van der Waals surface area contributed by atoms with E-state index in [2.05, 4.69) is 0 Å². The zero-order valence-electron chi connectivity index (χ0n) is 11.8. The summed E-state index contributed by atoms with van der Waals surface area (Å²) < 4.78 is 7.01. The highest BCUT2D eigenvalue weighted by molar-refractivity contribution is 5.91. The first kappa shape index (κ1) is 13.6. The van der Waals surface area contributed by atoms with Crippen LogP contribution in [0.25, 0.3) is 10.9 Å². The molecular formula is C15H20N2O2. The number of aromatic nitrogens is 1. The molecule has 0 aliphatic heterocycles. The van der Waals surface area contributed by atoms with E-state index < -0.39 is 5.60 Å². The second-order valence-electron chi connectivity index (χ2n) is 5.73. The molecule has 0 amide bonds. The van der Waals surface area contributed by atoms with Gasteiger partial charge in [-0.2, -0.15) is 0 Å². The molecule has 4 nitrogen and oxygen atoms in total. The molecule has 1 heterocycles. The van der Waals surface area contributed by atoms with E-state index in [1.165, 1.54) is 0 Å². The van der Waals surface area contributed by atoms with E-state index in [0.29, 0.717) is 0 Å². The highest BCUT2D eigenvalue weighted by Gasteiger charge is 2.22. The molecule has 0 radical (unpaired) electrons. The Morgan fingerprint density at radius 1 is 1.32 bits per heavy atom. The van der Waals surface area contributed by atoms with Crippen LogP contribution in [-0.2, 0) is 4.74 Å². The number of nitrogens with zero attached hydrogens (tertiary/aromatic N) is 1. The first-order valence-corrected chi connectivity index (χ1v) is 6.39. The van der Waals surface area contributed by atoms with Crippen molar-refractivity contribution < 1.29 is 9.53 Å². The zero-order chi connectivity index (χ0) is 14.2. The Morgan fingerprint density at radius 2 is 1.95 bits per heavy atom. The van der Waals surface area contributed by atoms with Gasteiger partial charge in [-0.1, -0.05) is 18.2 Å². The summed E-state index contributed by atoms with van der Waals surface area (Å²) in [7, 11) is 0. The number of carbonyl (C=O) groups excluding carboxylic acids is 1. The van der Waals surface area contributed by atoms with Crippen LogP contribution < -0.4 is 5.73 Å². The molecule has 102 valence electrons. The van der Waals surface area contributed by atoms with Crippen LogP contribution in [0.4, 0.5) is 4.79 Å². The highest BCUT2D eigenvalue weighted by atomic mass is 16.6. The lowest BCUT2D eigenvalue weighted by atomic mass is 10.2. The number of ether oxygens (including phenoxy) is 1. The molecule has 0 saturated heterocycles. The molecule has 2 N–H and O–H groups in total. The largest absolute Gasteiger partial charge is 0.443 e. The Labute approximate surface area is 113 Å². The van der Waals surface area contributed by atoms with E-state index in [0.717, 1.165) is 16.6 Å². The van der Waals surface area contributed by atoms with E-state index in [1.807, 2.05) is 58.0 Å². The van der Waals surface area contributed by atoms with Gasteiger partial charge in [-0.25, -0.2) is 9.36 Å². The third-order valence-electron chi connectivity index (χ3n) is 2.78. The standard InChI is InChI=1S/C15H20N2O2/c1-10(16)13-9-11-7-5-6-8-12(11)17(13)14(18)19-15(2,3)4/h5-10H,16H2,1-4H3. The Morgan fingerprint density at radius 3 is 2.53 bits per heavy atom. The summed E-state index contributed by atoms with van der Waals surface area (Å²) in [5.74, 6) is 0. The third kappa shape index (κ3) is 2.79. The Hall–Kier alpha value is -1.81. The quantitative estimate of drug-likeness (QED) is 0.854. The van der Waals surface area contributed by atoms with Crippen LogP contribution in [0.3, 0.4) is 0 Å². The third-order valence-corrected chi connectivity index (χ3v) is 2.78. The maximum Gasteiger partial charge on any atom is 0.419 e. The number of rotatable bonds is 1. The zero-order valence-corrected chi connectivity index (χ0v) is 11.8. The monoisotopic (exact) mass is 260 g/mol. The minimum Gasteiger partial charge on any atom is -0.443 e. The molecule has 0 aliphatic rings. The number of fused-ring (bicyclic) bond motifs is 1. The average Bonchev–Trinajstić information content (AvgIpc) is 2.65. The molecule has 0 bridgehead atoms. The van der Waals surface area contributed by atoms with Crippen molar-refractivity contribution in [1.82, 2.24) is 4.57 Å². The van der Waals surface area contributed by atoms with E-state index in [1.54, 1.807) is 4.57 Å². The number of benzene rings is 1. The molecule has 1 aromatic heterocycles. The predicted molar refractivity (Wildman–Crippen MR) is 76.2 cm³/mol. The fourth-order valence-corrected chi connectivity index (χ4v) is 2.02. The van der Waals surface area contributed by atoms with Crippen molar-refractivity contribution in [3.05, 3.63) is 36.0 Å². The van der Waals surface area contributed by atoms with Gasteiger partial charge in [0.05, 0.1) is 5.52 Å². The van der Waals surface area contributed by atoms with Crippen molar-refractivity contribution in [2.45, 2.75) is 39.3 Å². The fraction of sp³-hybridized carbons (Fsp3) is 0.400. The molecule has 2 rings (SSSR count).